The van der Waals surface area contributed by atoms with Crippen LogP contribution in [0.25, 0.3) is 0 Å². The number of halogens is 3. The molecule has 0 aromatic heterocycles. The summed E-state index contributed by atoms with van der Waals surface area (Å²) in [5.74, 6) is -3.44. The number of aryl methyl sites for hydroxylation is 1. The predicted octanol–water partition coefficient (Wildman–Crippen LogP) is 2.32. The molecule has 10 heteroatoms. The fourth-order valence-electron chi connectivity index (χ4n) is 1.93. The number of carbonyl (C=O) groups is 3. The fourth-order valence-corrected chi connectivity index (χ4v) is 1.93. The first kappa shape index (κ1) is 20.3. The minimum absolute atomic E-state index is 0.0116. The van der Waals surface area contributed by atoms with E-state index < -0.39 is 30.2 Å². The molecule has 0 aliphatic heterocycles. The monoisotopic (exact) mass is 362 g/mol. The molecule has 7 nitrogen and oxygen atoms in total. The van der Waals surface area contributed by atoms with Gasteiger partial charge < -0.3 is 20.5 Å². The topological polar surface area (TPSA) is 105 Å². The minimum atomic E-state index is -5.04. The van der Waals surface area contributed by atoms with Crippen molar-refractivity contribution in [1.82, 2.24) is 5.32 Å². The number of carboxylic acid groups (broad SMARTS) is 1. The number of anilines is 1. The van der Waals surface area contributed by atoms with Crippen molar-refractivity contribution < 1.29 is 37.4 Å². The van der Waals surface area contributed by atoms with Crippen molar-refractivity contribution in [2.75, 3.05) is 11.9 Å². The van der Waals surface area contributed by atoms with Crippen LogP contribution in [-0.2, 0) is 20.7 Å². The maximum absolute atomic E-state index is 12.4. The summed E-state index contributed by atoms with van der Waals surface area (Å²) >= 11 is 0. The van der Waals surface area contributed by atoms with Gasteiger partial charge in [0.25, 0.3) is 0 Å². The van der Waals surface area contributed by atoms with Crippen LogP contribution in [0.1, 0.15) is 18.9 Å². The minimum Gasteiger partial charge on any atom is -0.480 e. The van der Waals surface area contributed by atoms with Gasteiger partial charge in [0, 0.05) is 5.69 Å². The third kappa shape index (κ3) is 6.69. The highest BCUT2D eigenvalue weighted by Gasteiger charge is 2.38. The van der Waals surface area contributed by atoms with E-state index in [1.54, 1.807) is 12.2 Å². The average molecular weight is 362 g/mol. The summed E-state index contributed by atoms with van der Waals surface area (Å²) in [4.78, 5) is 33.5. The van der Waals surface area contributed by atoms with E-state index in [1.807, 2.05) is 0 Å². The molecule has 0 fully saturated rings. The number of carboxylic acids is 1. The highest BCUT2D eigenvalue weighted by atomic mass is 19.4. The van der Waals surface area contributed by atoms with Gasteiger partial charge in [-0.05, 0) is 31.4 Å². The lowest BCUT2D eigenvalue weighted by Crippen LogP contribution is -2.41. The molecule has 25 heavy (non-hydrogen) atoms. The summed E-state index contributed by atoms with van der Waals surface area (Å²) in [6.45, 7) is 1.61. The molecule has 1 rings (SSSR count). The van der Waals surface area contributed by atoms with Crippen molar-refractivity contribution in [2.45, 2.75) is 32.0 Å². The van der Waals surface area contributed by atoms with Crippen molar-refractivity contribution in [3.63, 3.8) is 0 Å². The quantitative estimate of drug-likeness (QED) is 0.690. The van der Waals surface area contributed by atoms with Crippen molar-refractivity contribution in [1.29, 1.82) is 0 Å². The van der Waals surface area contributed by atoms with Crippen molar-refractivity contribution in [3.8, 4) is 0 Å². The summed E-state index contributed by atoms with van der Waals surface area (Å²) in [6, 6.07) is 4.40. The van der Waals surface area contributed by atoms with Gasteiger partial charge in [-0.1, -0.05) is 18.2 Å². The Balaban J connectivity index is 2.80. The summed E-state index contributed by atoms with van der Waals surface area (Å²) in [7, 11) is 0. The third-order valence-electron chi connectivity index (χ3n) is 3.09. The molecule has 0 bridgehead atoms. The van der Waals surface area contributed by atoms with Crippen LogP contribution in [0.4, 0.5) is 23.7 Å². The van der Waals surface area contributed by atoms with Crippen LogP contribution in [0.3, 0.4) is 0 Å². The maximum atomic E-state index is 12.4. The molecule has 0 aliphatic rings. The molecule has 0 heterocycles. The number of para-hydroxylation sites is 1. The van der Waals surface area contributed by atoms with Gasteiger partial charge in [0.15, 0.2) is 0 Å². The van der Waals surface area contributed by atoms with Gasteiger partial charge in [0.1, 0.15) is 6.04 Å². The Morgan fingerprint density at radius 1 is 1.24 bits per heavy atom. The van der Waals surface area contributed by atoms with Crippen LogP contribution in [0.2, 0.25) is 0 Å². The van der Waals surface area contributed by atoms with Crippen molar-refractivity contribution in [2.24, 2.45) is 0 Å². The normalized spacial score (nSPS) is 12.2. The first-order valence-electron chi connectivity index (χ1n) is 7.27. The fraction of sp³-hybridized carbons (Fsp3) is 0.400. The number of alkyl halides is 3. The molecule has 138 valence electrons. The number of carbonyl (C=O) groups excluding carboxylic acids is 2. The van der Waals surface area contributed by atoms with E-state index in [2.05, 4.69) is 10.1 Å². The molecular weight excluding hydrogens is 345 g/mol. The molecule has 3 N–H and O–H groups in total. The highest BCUT2D eigenvalue weighted by Crippen LogP contribution is 2.22. The Hall–Kier alpha value is -2.78. The van der Waals surface area contributed by atoms with Crippen molar-refractivity contribution in [3.05, 3.63) is 29.8 Å². The van der Waals surface area contributed by atoms with Gasteiger partial charge in [-0.2, -0.15) is 13.2 Å². The number of alkyl carbamates (subject to hydrolysis) is 1. The molecule has 0 unspecified atom stereocenters. The van der Waals surface area contributed by atoms with E-state index in [0.29, 0.717) is 5.56 Å². The Bertz CT molecular complexity index is 634. The van der Waals surface area contributed by atoms with Crippen LogP contribution in [-0.4, -0.2) is 41.9 Å². The van der Waals surface area contributed by atoms with Gasteiger partial charge in [-0.25, -0.2) is 9.59 Å². The number of aliphatic carboxylic acids is 1. The number of hydrogen-bond acceptors (Lipinski definition) is 4. The third-order valence-corrected chi connectivity index (χ3v) is 3.09. The number of amides is 2. The number of ether oxygens (including phenoxy) is 1. The Morgan fingerprint density at radius 3 is 2.44 bits per heavy atom. The molecule has 0 spiro atoms. The zero-order valence-electron chi connectivity index (χ0n) is 13.2. The molecule has 0 saturated carbocycles. The number of nitrogens with one attached hydrogen (secondary N) is 2. The smallest absolute Gasteiger partial charge is 0.471 e. The second-order valence-corrected chi connectivity index (χ2v) is 4.90. The van der Waals surface area contributed by atoms with Crippen LogP contribution in [0, 0.1) is 0 Å². The first-order chi connectivity index (χ1) is 11.6. The molecule has 1 atom stereocenters. The maximum Gasteiger partial charge on any atom is 0.471 e. The number of rotatable bonds is 7. The summed E-state index contributed by atoms with van der Waals surface area (Å²) in [5.41, 5.74) is 0.224. The molecule has 0 radical (unpaired) electrons. The van der Waals surface area contributed by atoms with E-state index in [0.717, 1.165) is 0 Å². The SMILES string of the molecule is CCOC(=O)N[C@@H](CCc1ccccc1NC(=O)C(F)(F)F)C(=O)O. The van der Waals surface area contributed by atoms with Crippen molar-refractivity contribution >= 4 is 23.7 Å². The second kappa shape index (κ2) is 8.90. The van der Waals surface area contributed by atoms with E-state index in [-0.39, 0.29) is 25.1 Å². The molecule has 2 amide bonds. The van der Waals surface area contributed by atoms with Crippen LogP contribution in [0.15, 0.2) is 24.3 Å². The number of hydrogen-bond donors (Lipinski definition) is 3. The molecule has 0 aliphatic carbocycles. The van der Waals surface area contributed by atoms with E-state index in [9.17, 15) is 27.6 Å². The lowest BCUT2D eigenvalue weighted by Gasteiger charge is -2.16. The van der Waals surface area contributed by atoms with Gasteiger partial charge in [0.05, 0.1) is 6.61 Å². The van der Waals surface area contributed by atoms with E-state index >= 15 is 0 Å². The summed E-state index contributed by atoms with van der Waals surface area (Å²) < 4.78 is 41.6. The summed E-state index contributed by atoms with van der Waals surface area (Å²) in [5, 5.41) is 13.0. The molecule has 0 saturated heterocycles. The summed E-state index contributed by atoms with van der Waals surface area (Å²) in [6.07, 6.45) is -6.04. The van der Waals surface area contributed by atoms with E-state index in [4.69, 9.17) is 5.11 Å². The van der Waals surface area contributed by atoms with Gasteiger partial charge >= 0.3 is 24.1 Å². The largest absolute Gasteiger partial charge is 0.480 e. The van der Waals surface area contributed by atoms with Gasteiger partial charge in [0.2, 0.25) is 0 Å². The zero-order chi connectivity index (χ0) is 19.0. The number of benzene rings is 1. The molecular formula is C15H17F3N2O5. The average Bonchev–Trinajstić information content (AvgIpc) is 2.51. The Kier molecular flexibility index (Phi) is 7.22. The standard InChI is InChI=1S/C15H17F3N2O5/c1-2-25-14(24)20-11(12(21)22)8-7-9-5-3-4-6-10(9)19-13(23)15(16,17)18/h3-6,11H,2,7-8H2,1H3,(H,19,23)(H,20,24)(H,21,22)/t11-/m0/s1. The lowest BCUT2D eigenvalue weighted by atomic mass is 10.0. The van der Waals surface area contributed by atoms with E-state index in [1.165, 1.54) is 24.3 Å². The second-order valence-electron chi connectivity index (χ2n) is 4.90. The van der Waals surface area contributed by atoms with Gasteiger partial charge in [-0.15, -0.1) is 0 Å². The molecule has 1 aromatic carbocycles. The zero-order valence-corrected chi connectivity index (χ0v) is 13.2. The van der Waals surface area contributed by atoms with Crippen LogP contribution in [0.5, 0.6) is 0 Å². The molecule has 1 aromatic rings. The van der Waals surface area contributed by atoms with Crippen LogP contribution < -0.4 is 10.6 Å². The Morgan fingerprint density at radius 2 is 1.88 bits per heavy atom. The van der Waals surface area contributed by atoms with Gasteiger partial charge in [-0.3, -0.25) is 4.79 Å². The predicted molar refractivity (Wildman–Crippen MR) is 81.0 cm³/mol. The lowest BCUT2D eigenvalue weighted by molar-refractivity contribution is -0.167. The Labute approximate surface area is 141 Å². The first-order valence-corrected chi connectivity index (χ1v) is 7.27. The highest BCUT2D eigenvalue weighted by molar-refractivity contribution is 5.95. The van der Waals surface area contributed by atoms with Crippen LogP contribution >= 0.6 is 0 Å².